The average Bonchev–Trinajstić information content (AvgIpc) is 2.67. The smallest absolute Gasteiger partial charge is 0.0667 e. The zero-order valence-electron chi connectivity index (χ0n) is 15.8. The minimum Gasteiger partial charge on any atom is -0.242 e. The molecule has 0 aliphatic rings. The first kappa shape index (κ1) is 20.3. The van der Waals surface area contributed by atoms with Crippen molar-refractivity contribution in [1.29, 1.82) is 0 Å². The van der Waals surface area contributed by atoms with Crippen LogP contribution in [0.5, 0.6) is 0 Å². The lowest BCUT2D eigenvalue weighted by atomic mass is 10.00. The molecule has 2 aromatic rings. The summed E-state index contributed by atoms with van der Waals surface area (Å²) in [6.07, 6.45) is 10.7. The molecule has 3 nitrogen and oxygen atoms in total. The third-order valence-corrected chi connectivity index (χ3v) is 4.29. The average molecular weight is 361 g/mol. The number of anilines is 2. The fourth-order valence-corrected chi connectivity index (χ4v) is 3.06. The van der Waals surface area contributed by atoms with Gasteiger partial charge in [0.05, 0.1) is 11.4 Å². The molecule has 0 saturated heterocycles. The first-order valence-electron chi connectivity index (χ1n) is 9.08. The van der Waals surface area contributed by atoms with Crippen molar-refractivity contribution < 1.29 is 4.94 Å². The minimum atomic E-state index is 0.756. The van der Waals surface area contributed by atoms with Crippen LogP contribution in [-0.2, 0) is 30.6 Å². The highest BCUT2D eigenvalue weighted by Gasteiger charge is 2.09. The van der Waals surface area contributed by atoms with Gasteiger partial charge in [-0.1, -0.05) is 48.6 Å². The molecule has 0 spiro atoms. The van der Waals surface area contributed by atoms with Gasteiger partial charge in [-0.2, -0.15) is 4.94 Å². The Kier molecular flexibility index (Phi) is 8.14. The maximum absolute atomic E-state index is 5.63. The van der Waals surface area contributed by atoms with E-state index in [0.29, 0.717) is 0 Å². The summed E-state index contributed by atoms with van der Waals surface area (Å²) in [5.41, 5.74) is 12.6. The van der Waals surface area contributed by atoms with E-state index in [1.54, 1.807) is 0 Å². The number of allylic oxidation sites excluding steroid dienone is 4. The van der Waals surface area contributed by atoms with Crippen LogP contribution < -0.4 is 11.0 Å². The molecular formula is C24H28N2O. The van der Waals surface area contributed by atoms with Gasteiger partial charge < -0.3 is 0 Å². The van der Waals surface area contributed by atoms with Crippen molar-refractivity contribution in [2.75, 3.05) is 11.0 Å². The molecular weight excluding hydrogens is 332 g/mol. The lowest BCUT2D eigenvalue weighted by molar-refractivity contribution is 0.264. The van der Waals surface area contributed by atoms with Crippen molar-refractivity contribution >= 4 is 11.4 Å². The summed E-state index contributed by atoms with van der Waals surface area (Å²) in [6, 6.07) is 12.2. The highest BCUT2D eigenvalue weighted by Crippen LogP contribution is 2.24. The molecule has 0 bridgehead atoms. The number of hydrogen-bond acceptors (Lipinski definition) is 3. The topological polar surface area (TPSA) is 33.3 Å². The van der Waals surface area contributed by atoms with Gasteiger partial charge in [0.2, 0.25) is 0 Å². The Balaban J connectivity index is 2.17. The van der Waals surface area contributed by atoms with Crippen LogP contribution in [0.25, 0.3) is 0 Å². The van der Waals surface area contributed by atoms with Crippen LogP contribution in [-0.4, -0.2) is 0 Å². The zero-order chi connectivity index (χ0) is 19.5. The van der Waals surface area contributed by atoms with E-state index in [0.717, 1.165) is 48.2 Å². The second-order valence-corrected chi connectivity index (χ2v) is 6.16. The van der Waals surface area contributed by atoms with Gasteiger partial charge >= 0.3 is 0 Å². The van der Waals surface area contributed by atoms with Crippen LogP contribution in [0.2, 0.25) is 0 Å². The van der Waals surface area contributed by atoms with Crippen molar-refractivity contribution in [1.82, 2.24) is 0 Å². The maximum Gasteiger partial charge on any atom is 0.0667 e. The van der Waals surface area contributed by atoms with Gasteiger partial charge in [-0.25, -0.2) is 11.0 Å². The normalized spacial score (nSPS) is 10.1. The van der Waals surface area contributed by atoms with E-state index < -0.39 is 0 Å². The van der Waals surface area contributed by atoms with E-state index in [9.17, 15) is 0 Å². The van der Waals surface area contributed by atoms with Crippen LogP contribution in [0.15, 0.2) is 87.0 Å². The zero-order valence-corrected chi connectivity index (χ0v) is 15.8. The molecule has 0 radical (unpaired) electrons. The molecule has 2 aromatic carbocycles. The molecule has 0 heterocycles. The highest BCUT2D eigenvalue weighted by molar-refractivity contribution is 5.57. The predicted molar refractivity (Wildman–Crippen MR) is 117 cm³/mol. The molecule has 2 N–H and O–H groups in total. The van der Waals surface area contributed by atoms with Crippen LogP contribution in [0.3, 0.4) is 0 Å². The van der Waals surface area contributed by atoms with Gasteiger partial charge in [-0.05, 0) is 60.1 Å². The Morgan fingerprint density at radius 3 is 1.41 bits per heavy atom. The summed E-state index contributed by atoms with van der Waals surface area (Å²) >= 11 is 0. The van der Waals surface area contributed by atoms with Crippen LogP contribution in [0.1, 0.15) is 22.3 Å². The van der Waals surface area contributed by atoms with Crippen molar-refractivity contribution in [3.8, 4) is 0 Å². The fourth-order valence-electron chi connectivity index (χ4n) is 3.06. The first-order chi connectivity index (χ1) is 13.2. The monoisotopic (exact) mass is 360 g/mol. The molecule has 0 unspecified atom stereocenters. The molecule has 0 atom stereocenters. The third-order valence-electron chi connectivity index (χ3n) is 4.29. The number of nitrogens with one attached hydrogen (secondary N) is 2. The van der Waals surface area contributed by atoms with Crippen LogP contribution >= 0.6 is 0 Å². The number of benzene rings is 2. The Morgan fingerprint density at radius 2 is 1.04 bits per heavy atom. The van der Waals surface area contributed by atoms with E-state index in [4.69, 9.17) is 4.94 Å². The van der Waals surface area contributed by atoms with Crippen molar-refractivity contribution in [3.63, 3.8) is 0 Å². The number of rotatable bonds is 12. The molecule has 0 fully saturated rings. The molecule has 0 aliphatic carbocycles. The maximum atomic E-state index is 5.63. The Morgan fingerprint density at radius 1 is 0.630 bits per heavy atom. The van der Waals surface area contributed by atoms with E-state index in [1.807, 2.05) is 48.6 Å². The Hall–Kier alpha value is -3.04. The molecule has 27 heavy (non-hydrogen) atoms. The van der Waals surface area contributed by atoms with Crippen LogP contribution in [0.4, 0.5) is 11.4 Å². The highest BCUT2D eigenvalue weighted by atomic mass is 16.8. The molecule has 0 amide bonds. The standard InChI is InChI=1S/C24H28N2O/c1-5-11-19-15-9-17-23(21(19)13-7-3)25-27-26-24-18-10-16-20(12-6-2)22(24)14-8-4/h5-10,15-18,25-26H,1-4,11-14H2. The van der Waals surface area contributed by atoms with E-state index in [1.165, 1.54) is 11.1 Å². The third kappa shape index (κ3) is 5.47. The van der Waals surface area contributed by atoms with Crippen molar-refractivity contribution in [2.45, 2.75) is 25.7 Å². The lowest BCUT2D eigenvalue weighted by Crippen LogP contribution is -2.12. The quantitative estimate of drug-likeness (QED) is 0.361. The largest absolute Gasteiger partial charge is 0.242 e. The van der Waals surface area contributed by atoms with E-state index in [-0.39, 0.29) is 0 Å². The van der Waals surface area contributed by atoms with Crippen molar-refractivity contribution in [3.05, 3.63) is 109 Å². The SMILES string of the molecule is C=CCc1cccc(NONc2cccc(CC=C)c2CC=C)c1CC=C. The van der Waals surface area contributed by atoms with Gasteiger partial charge in [0.15, 0.2) is 0 Å². The van der Waals surface area contributed by atoms with E-state index >= 15 is 0 Å². The first-order valence-corrected chi connectivity index (χ1v) is 9.08. The second kappa shape index (κ2) is 10.8. The summed E-state index contributed by atoms with van der Waals surface area (Å²) in [5, 5.41) is 0. The summed E-state index contributed by atoms with van der Waals surface area (Å²) in [7, 11) is 0. The van der Waals surface area contributed by atoms with Crippen LogP contribution in [0, 0.1) is 0 Å². The molecule has 140 valence electrons. The van der Waals surface area contributed by atoms with Gasteiger partial charge in [-0.15, -0.1) is 26.3 Å². The summed E-state index contributed by atoms with van der Waals surface area (Å²) in [5.74, 6) is 0. The second-order valence-electron chi connectivity index (χ2n) is 6.16. The Bertz CT molecular complexity index is 741. The summed E-state index contributed by atoms with van der Waals surface area (Å²) in [6.45, 7) is 15.4. The number of hydrogen-bond donors (Lipinski definition) is 2. The molecule has 0 aromatic heterocycles. The summed E-state index contributed by atoms with van der Waals surface area (Å²) in [4.78, 5) is 5.63. The van der Waals surface area contributed by atoms with Gasteiger partial charge in [0, 0.05) is 0 Å². The van der Waals surface area contributed by atoms with Gasteiger partial charge in [-0.3, -0.25) is 0 Å². The molecule has 0 saturated carbocycles. The van der Waals surface area contributed by atoms with Gasteiger partial charge in [0.1, 0.15) is 0 Å². The summed E-state index contributed by atoms with van der Waals surface area (Å²) < 4.78 is 0. The van der Waals surface area contributed by atoms with E-state index in [2.05, 4.69) is 49.4 Å². The lowest BCUT2D eigenvalue weighted by Gasteiger charge is -2.17. The molecule has 3 heteroatoms. The van der Waals surface area contributed by atoms with Crippen molar-refractivity contribution in [2.24, 2.45) is 0 Å². The Labute approximate surface area is 162 Å². The molecule has 0 aliphatic heterocycles. The minimum absolute atomic E-state index is 0.756. The predicted octanol–water partition coefficient (Wildman–Crippen LogP) is 5.97. The fraction of sp³-hybridized carbons (Fsp3) is 0.167. The molecule has 2 rings (SSSR count). The van der Waals surface area contributed by atoms with Gasteiger partial charge in [0.25, 0.3) is 0 Å².